The van der Waals surface area contributed by atoms with Gasteiger partial charge in [0.05, 0.1) is 0 Å². The summed E-state index contributed by atoms with van der Waals surface area (Å²) in [6.45, 7) is 2.79. The fraction of sp³-hybridized carbons (Fsp3) is 0.636. The van der Waals surface area contributed by atoms with Gasteiger partial charge in [0.25, 0.3) is 0 Å². The molecule has 2 aliphatic rings. The van der Waals surface area contributed by atoms with Gasteiger partial charge >= 0.3 is 0 Å². The zero-order valence-corrected chi connectivity index (χ0v) is 11.5. The number of rotatable bonds is 4. The molecule has 1 saturated carbocycles. The molecule has 2 N–H and O–H groups in total. The molecule has 0 bridgehead atoms. The van der Waals surface area contributed by atoms with Gasteiger partial charge in [0.2, 0.25) is 5.91 Å². The van der Waals surface area contributed by atoms with Crippen molar-refractivity contribution in [1.29, 1.82) is 0 Å². The zero-order valence-electron chi connectivity index (χ0n) is 9.91. The monoisotopic (exact) mass is 292 g/mol. The van der Waals surface area contributed by atoms with Crippen molar-refractivity contribution in [2.45, 2.75) is 19.0 Å². The molecule has 18 heavy (non-hydrogen) atoms. The van der Waals surface area contributed by atoms with Crippen LogP contribution in [0.2, 0.25) is 0 Å². The predicted octanol–water partition coefficient (Wildman–Crippen LogP) is 0.451. The van der Waals surface area contributed by atoms with Crippen molar-refractivity contribution in [2.75, 3.05) is 13.1 Å². The largest absolute Gasteiger partial charge is 0.353 e. The third-order valence-electron chi connectivity index (χ3n) is 3.55. The van der Waals surface area contributed by atoms with Gasteiger partial charge in [0, 0.05) is 44.5 Å². The third kappa shape index (κ3) is 3.16. The molecule has 0 radical (unpaired) electrons. The first-order chi connectivity index (χ1) is 7.84. The van der Waals surface area contributed by atoms with Crippen LogP contribution in [0.1, 0.15) is 6.42 Å². The fourth-order valence-electron chi connectivity index (χ4n) is 2.54. The molecule has 7 heteroatoms. The Morgan fingerprint density at radius 2 is 2.11 bits per heavy atom. The van der Waals surface area contributed by atoms with Crippen LogP contribution in [-0.4, -0.2) is 34.8 Å². The van der Waals surface area contributed by atoms with E-state index in [2.05, 4.69) is 15.7 Å². The summed E-state index contributed by atoms with van der Waals surface area (Å²) in [5.41, 5.74) is 0. The van der Waals surface area contributed by atoms with Gasteiger partial charge in [-0.05, 0) is 17.9 Å². The van der Waals surface area contributed by atoms with Crippen LogP contribution in [0.3, 0.4) is 0 Å². The molecule has 3 rings (SSSR count). The quantitative estimate of drug-likeness (QED) is 0.847. The van der Waals surface area contributed by atoms with Gasteiger partial charge in [-0.15, -0.1) is 24.8 Å². The summed E-state index contributed by atoms with van der Waals surface area (Å²) in [6, 6.07) is 2.31. The number of halogens is 2. The zero-order chi connectivity index (χ0) is 11.0. The van der Waals surface area contributed by atoms with Crippen molar-refractivity contribution in [3.8, 4) is 0 Å². The number of piperidine rings is 1. The number of hydrogen-bond donors (Lipinski definition) is 2. The first-order valence-corrected chi connectivity index (χ1v) is 5.82. The summed E-state index contributed by atoms with van der Waals surface area (Å²) in [4.78, 5) is 11.6. The van der Waals surface area contributed by atoms with Crippen molar-refractivity contribution in [3.05, 3.63) is 18.5 Å². The second kappa shape index (κ2) is 6.41. The SMILES string of the molecule is Cl.Cl.O=C(CCn1cccn1)NC1C2CNCC21. The smallest absolute Gasteiger partial charge is 0.222 e. The number of carbonyl (C=O) groups excluding carboxylic acids is 1. The molecule has 2 atom stereocenters. The summed E-state index contributed by atoms with van der Waals surface area (Å²) in [5.74, 6) is 1.53. The highest BCUT2D eigenvalue weighted by Crippen LogP contribution is 2.41. The van der Waals surface area contributed by atoms with Gasteiger partial charge in [-0.25, -0.2) is 0 Å². The van der Waals surface area contributed by atoms with Gasteiger partial charge in [0.1, 0.15) is 0 Å². The Balaban J connectivity index is 0.000000810. The van der Waals surface area contributed by atoms with E-state index in [1.807, 2.05) is 12.3 Å². The Kier molecular flexibility index (Phi) is 5.44. The molecular weight excluding hydrogens is 275 g/mol. The first-order valence-electron chi connectivity index (χ1n) is 5.82. The van der Waals surface area contributed by atoms with Crippen LogP contribution >= 0.6 is 24.8 Å². The lowest BCUT2D eigenvalue weighted by Crippen LogP contribution is -2.32. The van der Waals surface area contributed by atoms with E-state index in [1.54, 1.807) is 10.9 Å². The van der Waals surface area contributed by atoms with E-state index >= 15 is 0 Å². The molecular formula is C11H18Cl2N4O. The molecule has 5 nitrogen and oxygen atoms in total. The second-order valence-electron chi connectivity index (χ2n) is 4.60. The fourth-order valence-corrected chi connectivity index (χ4v) is 2.54. The maximum absolute atomic E-state index is 11.6. The molecule has 0 spiro atoms. The highest BCUT2D eigenvalue weighted by atomic mass is 35.5. The molecule has 2 fully saturated rings. The molecule has 1 saturated heterocycles. The van der Waals surface area contributed by atoms with Crippen LogP contribution in [0.5, 0.6) is 0 Å². The van der Waals surface area contributed by atoms with Gasteiger partial charge in [-0.1, -0.05) is 0 Å². The van der Waals surface area contributed by atoms with E-state index in [0.717, 1.165) is 13.1 Å². The molecule has 1 aromatic heterocycles. The highest BCUT2D eigenvalue weighted by molar-refractivity contribution is 5.85. The van der Waals surface area contributed by atoms with Gasteiger partial charge in [0.15, 0.2) is 0 Å². The van der Waals surface area contributed by atoms with E-state index in [0.29, 0.717) is 30.8 Å². The third-order valence-corrected chi connectivity index (χ3v) is 3.55. The number of amides is 1. The van der Waals surface area contributed by atoms with Crippen LogP contribution in [0, 0.1) is 11.8 Å². The average molecular weight is 293 g/mol. The van der Waals surface area contributed by atoms with Crippen molar-refractivity contribution in [3.63, 3.8) is 0 Å². The minimum Gasteiger partial charge on any atom is -0.353 e. The number of aryl methyl sites for hydroxylation is 1. The van der Waals surface area contributed by atoms with Crippen molar-refractivity contribution >= 4 is 30.7 Å². The van der Waals surface area contributed by atoms with E-state index in [4.69, 9.17) is 0 Å². The Labute approximate surface area is 119 Å². The summed E-state index contributed by atoms with van der Waals surface area (Å²) >= 11 is 0. The maximum atomic E-state index is 11.6. The number of carbonyl (C=O) groups is 1. The Morgan fingerprint density at radius 3 is 2.72 bits per heavy atom. The lowest BCUT2D eigenvalue weighted by atomic mass is 10.3. The Bertz CT molecular complexity index is 374. The van der Waals surface area contributed by atoms with Crippen LogP contribution in [0.15, 0.2) is 18.5 Å². The molecule has 102 valence electrons. The Hall–Kier alpha value is -0.780. The molecule has 2 unspecified atom stereocenters. The minimum absolute atomic E-state index is 0. The molecule has 1 amide bonds. The van der Waals surface area contributed by atoms with Gasteiger partial charge in [-0.3, -0.25) is 9.48 Å². The number of fused-ring (bicyclic) bond motifs is 1. The van der Waals surface area contributed by atoms with Crippen molar-refractivity contribution in [2.24, 2.45) is 11.8 Å². The molecule has 2 heterocycles. The number of nitrogens with one attached hydrogen (secondary N) is 2. The molecule has 1 aliphatic heterocycles. The molecule has 1 aromatic rings. The predicted molar refractivity (Wildman–Crippen MR) is 73.1 cm³/mol. The van der Waals surface area contributed by atoms with Gasteiger partial charge in [-0.2, -0.15) is 5.10 Å². The van der Waals surface area contributed by atoms with Crippen LogP contribution < -0.4 is 10.6 Å². The van der Waals surface area contributed by atoms with Crippen molar-refractivity contribution < 1.29 is 4.79 Å². The van der Waals surface area contributed by atoms with Gasteiger partial charge < -0.3 is 10.6 Å². The lowest BCUT2D eigenvalue weighted by Gasteiger charge is -2.07. The van der Waals surface area contributed by atoms with E-state index < -0.39 is 0 Å². The summed E-state index contributed by atoms with van der Waals surface area (Å²) in [6.07, 6.45) is 4.13. The van der Waals surface area contributed by atoms with E-state index in [1.165, 1.54) is 0 Å². The second-order valence-corrected chi connectivity index (χ2v) is 4.60. The highest BCUT2D eigenvalue weighted by Gasteiger charge is 2.53. The number of aromatic nitrogens is 2. The summed E-state index contributed by atoms with van der Waals surface area (Å²) < 4.78 is 1.79. The van der Waals surface area contributed by atoms with Crippen LogP contribution in [0.25, 0.3) is 0 Å². The van der Waals surface area contributed by atoms with E-state index in [-0.39, 0.29) is 30.7 Å². The average Bonchev–Trinajstić information content (AvgIpc) is 2.80. The molecule has 0 aromatic carbocycles. The topological polar surface area (TPSA) is 59.0 Å². The standard InChI is InChI=1S/C11H16N4O.2ClH/c16-10(2-5-15-4-1-3-13-15)14-11-8-6-12-7-9(8)11;;/h1,3-4,8-9,11-12H,2,5-7H2,(H,14,16);2*1H. The van der Waals surface area contributed by atoms with Crippen LogP contribution in [0.4, 0.5) is 0 Å². The minimum atomic E-state index is 0. The summed E-state index contributed by atoms with van der Waals surface area (Å²) in [7, 11) is 0. The normalized spacial score (nSPS) is 27.7. The first kappa shape index (κ1) is 15.3. The van der Waals surface area contributed by atoms with E-state index in [9.17, 15) is 4.79 Å². The van der Waals surface area contributed by atoms with Crippen molar-refractivity contribution in [1.82, 2.24) is 20.4 Å². The Morgan fingerprint density at radius 1 is 1.39 bits per heavy atom. The number of hydrogen-bond acceptors (Lipinski definition) is 3. The maximum Gasteiger partial charge on any atom is 0.222 e. The number of nitrogens with zero attached hydrogens (tertiary/aromatic N) is 2. The molecule has 1 aliphatic carbocycles. The lowest BCUT2D eigenvalue weighted by molar-refractivity contribution is -0.121. The summed E-state index contributed by atoms with van der Waals surface area (Å²) in [5, 5.41) is 10.5. The van der Waals surface area contributed by atoms with Crippen LogP contribution in [-0.2, 0) is 11.3 Å².